The fourth-order valence-corrected chi connectivity index (χ4v) is 4.33. The maximum atomic E-state index is 13.5. The summed E-state index contributed by atoms with van der Waals surface area (Å²) >= 11 is 0. The number of benzene rings is 2. The first-order chi connectivity index (χ1) is 12.4. The molecule has 0 atom stereocenters. The number of aromatic nitrogens is 1. The Balaban J connectivity index is 1.71. The number of sulfonamides is 1. The van der Waals surface area contributed by atoms with E-state index in [1.165, 1.54) is 12.1 Å². The van der Waals surface area contributed by atoms with Crippen molar-refractivity contribution in [1.29, 1.82) is 0 Å². The van der Waals surface area contributed by atoms with Crippen LogP contribution in [0.3, 0.4) is 0 Å². The Morgan fingerprint density at radius 1 is 1.12 bits per heavy atom. The summed E-state index contributed by atoms with van der Waals surface area (Å²) in [4.78, 5) is 4.19. The quantitative estimate of drug-likeness (QED) is 0.721. The molecule has 26 heavy (non-hydrogen) atoms. The van der Waals surface area contributed by atoms with Crippen LogP contribution in [-0.4, -0.2) is 18.7 Å². The van der Waals surface area contributed by atoms with E-state index < -0.39 is 10.0 Å². The van der Waals surface area contributed by atoms with Gasteiger partial charge in [0.25, 0.3) is 0 Å². The highest BCUT2D eigenvalue weighted by Crippen LogP contribution is 2.30. The zero-order valence-electron chi connectivity index (χ0n) is 13.9. The maximum absolute atomic E-state index is 13.5. The van der Waals surface area contributed by atoms with Crippen LogP contribution in [0.1, 0.15) is 18.4 Å². The van der Waals surface area contributed by atoms with E-state index in [4.69, 9.17) is 5.73 Å². The lowest BCUT2D eigenvalue weighted by Crippen LogP contribution is -2.26. The molecule has 1 saturated carbocycles. The fourth-order valence-electron chi connectivity index (χ4n) is 2.99. The molecule has 0 unspecified atom stereocenters. The van der Waals surface area contributed by atoms with Gasteiger partial charge in [0.05, 0.1) is 5.25 Å². The molecule has 4 rings (SSSR count). The highest BCUT2D eigenvalue weighted by atomic mass is 32.2. The highest BCUT2D eigenvalue weighted by Gasteiger charge is 2.35. The van der Waals surface area contributed by atoms with Gasteiger partial charge in [-0.1, -0.05) is 24.3 Å². The number of anilines is 1. The Morgan fingerprint density at radius 3 is 2.62 bits per heavy atom. The number of hydrogen-bond donors (Lipinski definition) is 2. The minimum absolute atomic E-state index is 0.169. The predicted molar refractivity (Wildman–Crippen MR) is 100 cm³/mol. The van der Waals surface area contributed by atoms with Crippen molar-refractivity contribution in [2.45, 2.75) is 24.6 Å². The first-order valence-electron chi connectivity index (χ1n) is 8.35. The number of rotatable bonds is 5. The van der Waals surface area contributed by atoms with Crippen LogP contribution in [0, 0.1) is 5.82 Å². The van der Waals surface area contributed by atoms with E-state index in [-0.39, 0.29) is 17.6 Å². The predicted octanol–water partition coefficient (Wildman–Crippen LogP) is 3.20. The standard InChI is InChI=1S/C19H18FN3O2S/c20-15-3-1-2-12(8-15)13-4-7-17-14(10-22-19(21)18(17)9-13)11-23-26(24,25)16-5-6-16/h1-4,7-10,16,23H,5-6,11H2,(H2,21,22). The third-order valence-electron chi connectivity index (χ3n) is 4.59. The van der Waals surface area contributed by atoms with Gasteiger partial charge in [-0.05, 0) is 53.1 Å². The van der Waals surface area contributed by atoms with Crippen molar-refractivity contribution >= 4 is 26.6 Å². The monoisotopic (exact) mass is 371 g/mol. The van der Waals surface area contributed by atoms with Crippen LogP contribution in [0.4, 0.5) is 10.2 Å². The number of nitrogens with one attached hydrogen (secondary N) is 1. The molecule has 0 bridgehead atoms. The van der Waals surface area contributed by atoms with Crippen molar-refractivity contribution in [1.82, 2.24) is 9.71 Å². The van der Waals surface area contributed by atoms with Gasteiger partial charge in [0, 0.05) is 18.1 Å². The average molecular weight is 371 g/mol. The highest BCUT2D eigenvalue weighted by molar-refractivity contribution is 7.90. The second kappa shape index (κ2) is 6.34. The van der Waals surface area contributed by atoms with Crippen molar-refractivity contribution in [3.05, 3.63) is 60.0 Å². The summed E-state index contributed by atoms with van der Waals surface area (Å²) in [7, 11) is -3.27. The summed E-state index contributed by atoms with van der Waals surface area (Å²) in [6.45, 7) is 0.169. The van der Waals surface area contributed by atoms with Crippen LogP contribution in [0.5, 0.6) is 0 Å². The molecule has 0 spiro atoms. The molecule has 1 aromatic heterocycles. The molecule has 1 aliphatic carbocycles. The average Bonchev–Trinajstić information content (AvgIpc) is 3.47. The molecule has 0 saturated heterocycles. The summed E-state index contributed by atoms with van der Waals surface area (Å²) in [5, 5.41) is 1.28. The maximum Gasteiger partial charge on any atom is 0.214 e. The Labute approximate surface area is 151 Å². The van der Waals surface area contributed by atoms with Gasteiger partial charge in [0.15, 0.2) is 0 Å². The SMILES string of the molecule is Nc1ncc(CNS(=O)(=O)C2CC2)c2ccc(-c3cccc(F)c3)cc12. The third kappa shape index (κ3) is 3.27. The first kappa shape index (κ1) is 16.9. The topological polar surface area (TPSA) is 85.1 Å². The molecule has 134 valence electrons. The van der Waals surface area contributed by atoms with E-state index in [1.807, 2.05) is 24.3 Å². The van der Waals surface area contributed by atoms with Crippen molar-refractivity contribution in [3.8, 4) is 11.1 Å². The number of hydrogen-bond acceptors (Lipinski definition) is 4. The molecule has 0 radical (unpaired) electrons. The largest absolute Gasteiger partial charge is 0.383 e. The van der Waals surface area contributed by atoms with Gasteiger partial charge in [0.2, 0.25) is 10.0 Å². The summed E-state index contributed by atoms with van der Waals surface area (Å²) in [5.41, 5.74) is 8.33. The Kier molecular flexibility index (Phi) is 4.13. The van der Waals surface area contributed by atoms with E-state index in [1.54, 1.807) is 12.3 Å². The fraction of sp³-hybridized carbons (Fsp3) is 0.211. The Morgan fingerprint density at radius 2 is 1.88 bits per heavy atom. The Hall–Kier alpha value is -2.51. The molecule has 5 nitrogen and oxygen atoms in total. The Bertz CT molecular complexity index is 1100. The molecule has 1 heterocycles. The van der Waals surface area contributed by atoms with Gasteiger partial charge in [-0.2, -0.15) is 0 Å². The minimum Gasteiger partial charge on any atom is -0.383 e. The molecule has 0 aliphatic heterocycles. The summed E-state index contributed by atoms with van der Waals surface area (Å²) < 4.78 is 40.2. The number of nitrogen functional groups attached to an aromatic ring is 1. The second-order valence-corrected chi connectivity index (χ2v) is 8.55. The molecule has 1 fully saturated rings. The number of pyridine rings is 1. The molecular weight excluding hydrogens is 353 g/mol. The molecule has 3 aromatic rings. The summed E-state index contributed by atoms with van der Waals surface area (Å²) in [6, 6.07) is 11.9. The van der Waals surface area contributed by atoms with Crippen molar-refractivity contribution in [2.24, 2.45) is 0 Å². The van der Waals surface area contributed by atoms with E-state index >= 15 is 0 Å². The van der Waals surface area contributed by atoms with Gasteiger partial charge in [-0.3, -0.25) is 0 Å². The van der Waals surface area contributed by atoms with E-state index in [2.05, 4.69) is 9.71 Å². The zero-order valence-corrected chi connectivity index (χ0v) is 14.8. The molecule has 0 amide bonds. The van der Waals surface area contributed by atoms with E-state index in [0.29, 0.717) is 18.7 Å². The van der Waals surface area contributed by atoms with Crippen LogP contribution in [0.25, 0.3) is 21.9 Å². The smallest absolute Gasteiger partial charge is 0.214 e. The normalized spacial score (nSPS) is 14.7. The first-order valence-corrected chi connectivity index (χ1v) is 9.90. The van der Waals surface area contributed by atoms with Crippen molar-refractivity contribution < 1.29 is 12.8 Å². The van der Waals surface area contributed by atoms with Crippen LogP contribution in [-0.2, 0) is 16.6 Å². The van der Waals surface area contributed by atoms with Crippen molar-refractivity contribution in [3.63, 3.8) is 0 Å². The lowest BCUT2D eigenvalue weighted by Gasteiger charge is -2.11. The van der Waals surface area contributed by atoms with Gasteiger partial charge < -0.3 is 5.73 Å². The molecule has 7 heteroatoms. The van der Waals surface area contributed by atoms with Gasteiger partial charge in [0.1, 0.15) is 11.6 Å². The van der Waals surface area contributed by atoms with E-state index in [9.17, 15) is 12.8 Å². The third-order valence-corrected chi connectivity index (χ3v) is 6.48. The lowest BCUT2D eigenvalue weighted by molar-refractivity contribution is 0.580. The lowest BCUT2D eigenvalue weighted by atomic mass is 9.99. The number of nitrogens with zero attached hydrogens (tertiary/aromatic N) is 1. The molecule has 3 N–H and O–H groups in total. The van der Waals surface area contributed by atoms with Crippen molar-refractivity contribution in [2.75, 3.05) is 5.73 Å². The minimum atomic E-state index is -3.27. The van der Waals surface area contributed by atoms with Crippen LogP contribution in [0.2, 0.25) is 0 Å². The molecule has 1 aliphatic rings. The number of halogens is 1. The van der Waals surface area contributed by atoms with Crippen LogP contribution >= 0.6 is 0 Å². The zero-order chi connectivity index (χ0) is 18.3. The van der Waals surface area contributed by atoms with E-state index in [0.717, 1.165) is 27.5 Å². The molecular formula is C19H18FN3O2S. The molecule has 2 aromatic carbocycles. The second-order valence-electron chi connectivity index (χ2n) is 6.50. The van der Waals surface area contributed by atoms with Crippen LogP contribution < -0.4 is 10.5 Å². The van der Waals surface area contributed by atoms with Gasteiger partial charge in [-0.15, -0.1) is 0 Å². The van der Waals surface area contributed by atoms with Gasteiger partial charge in [-0.25, -0.2) is 22.5 Å². The number of fused-ring (bicyclic) bond motifs is 1. The summed E-state index contributed by atoms with van der Waals surface area (Å²) in [6.07, 6.45) is 3.02. The van der Waals surface area contributed by atoms with Gasteiger partial charge >= 0.3 is 0 Å². The summed E-state index contributed by atoms with van der Waals surface area (Å²) in [5.74, 6) is 0.0454. The van der Waals surface area contributed by atoms with Crippen LogP contribution in [0.15, 0.2) is 48.7 Å². The number of nitrogens with two attached hydrogens (primary N) is 1.